The number of benzene rings is 2. The summed E-state index contributed by atoms with van der Waals surface area (Å²) in [7, 11) is 1.78. The Hall–Kier alpha value is -2.55. The van der Waals surface area contributed by atoms with Crippen LogP contribution in [0.1, 0.15) is 53.5 Å². The predicted molar refractivity (Wildman–Crippen MR) is 114 cm³/mol. The van der Waals surface area contributed by atoms with Gasteiger partial charge in [0.15, 0.2) is 0 Å². The van der Waals surface area contributed by atoms with Crippen LogP contribution < -0.4 is 10.3 Å². The number of fused-ring (bicyclic) bond motifs is 5. The van der Waals surface area contributed by atoms with Crippen molar-refractivity contribution in [1.29, 1.82) is 0 Å². The normalized spacial score (nSPS) is 15.9. The number of hydrogen-bond acceptors (Lipinski definition) is 2. The van der Waals surface area contributed by atoms with E-state index in [9.17, 15) is 4.79 Å². The molecule has 0 bridgehead atoms. The van der Waals surface area contributed by atoms with Crippen molar-refractivity contribution in [2.24, 2.45) is 0 Å². The molecule has 1 heterocycles. The van der Waals surface area contributed by atoms with Crippen molar-refractivity contribution in [2.75, 3.05) is 7.11 Å². The van der Waals surface area contributed by atoms with Gasteiger partial charge in [-0.05, 0) is 79.7 Å². The first-order valence-electron chi connectivity index (χ1n) is 10.6. The summed E-state index contributed by atoms with van der Waals surface area (Å²) in [5.74, 6) is 1.01. The van der Waals surface area contributed by atoms with Crippen LogP contribution in [0.5, 0.6) is 5.75 Å². The fraction of sp³-hybridized carbons (Fsp3) is 0.400. The number of nitrogens with zero attached hydrogens (tertiary/aromatic N) is 1. The first-order chi connectivity index (χ1) is 13.8. The fourth-order valence-corrected chi connectivity index (χ4v) is 5.23. The second-order valence-corrected chi connectivity index (χ2v) is 8.18. The summed E-state index contributed by atoms with van der Waals surface area (Å²) in [4.78, 5) is 13.6. The molecule has 2 aliphatic carbocycles. The molecule has 1 aromatic heterocycles. The first-order valence-corrected chi connectivity index (χ1v) is 10.6. The minimum atomic E-state index is 0.226. The van der Waals surface area contributed by atoms with E-state index in [1.54, 1.807) is 7.11 Å². The summed E-state index contributed by atoms with van der Waals surface area (Å²) in [6.45, 7) is 0.641. The maximum Gasteiger partial charge on any atom is 0.254 e. The van der Waals surface area contributed by atoms with Gasteiger partial charge in [-0.3, -0.25) is 4.79 Å². The Morgan fingerprint density at radius 3 is 2.21 bits per heavy atom. The number of hydrogen-bond donors (Lipinski definition) is 0. The van der Waals surface area contributed by atoms with Gasteiger partial charge in [-0.15, -0.1) is 0 Å². The van der Waals surface area contributed by atoms with E-state index in [0.717, 1.165) is 43.4 Å². The predicted octanol–water partition coefficient (Wildman–Crippen LogP) is 4.82. The Morgan fingerprint density at radius 2 is 1.50 bits per heavy atom. The quantitative estimate of drug-likeness (QED) is 0.659. The molecule has 0 spiro atoms. The highest BCUT2D eigenvalue weighted by atomic mass is 16.5. The van der Waals surface area contributed by atoms with Crippen LogP contribution in [0, 0.1) is 0 Å². The highest BCUT2D eigenvalue weighted by molar-refractivity contribution is 5.90. The molecule has 28 heavy (non-hydrogen) atoms. The Morgan fingerprint density at radius 1 is 0.857 bits per heavy atom. The number of methoxy groups -OCH3 is 1. The Balaban J connectivity index is 1.87. The van der Waals surface area contributed by atoms with Crippen LogP contribution in [0.15, 0.2) is 41.2 Å². The van der Waals surface area contributed by atoms with Crippen molar-refractivity contribution in [2.45, 2.75) is 57.9 Å². The van der Waals surface area contributed by atoms with Crippen molar-refractivity contribution >= 4 is 10.9 Å². The number of pyridine rings is 1. The molecule has 2 aliphatic rings. The SMILES string of the molecule is COc1cc2c3c(c(=O)n(Cc4ccccc4)c2c2c1CCCC2)CCCC3. The summed E-state index contributed by atoms with van der Waals surface area (Å²) < 4.78 is 7.88. The van der Waals surface area contributed by atoms with Gasteiger partial charge >= 0.3 is 0 Å². The maximum atomic E-state index is 13.6. The molecule has 3 heteroatoms. The third-order valence-electron chi connectivity index (χ3n) is 6.55. The second kappa shape index (κ2) is 7.12. The Labute approximate surface area is 166 Å². The zero-order valence-corrected chi connectivity index (χ0v) is 16.6. The van der Waals surface area contributed by atoms with Crippen molar-refractivity contribution in [1.82, 2.24) is 4.57 Å². The number of rotatable bonds is 3. The molecular formula is C25H27NO2. The monoisotopic (exact) mass is 373 g/mol. The topological polar surface area (TPSA) is 31.2 Å². The molecule has 0 atom stereocenters. The number of aryl methyl sites for hydroxylation is 2. The minimum Gasteiger partial charge on any atom is -0.496 e. The number of aromatic nitrogens is 1. The van der Waals surface area contributed by atoms with Crippen LogP contribution in [-0.2, 0) is 32.2 Å². The van der Waals surface area contributed by atoms with E-state index in [-0.39, 0.29) is 5.56 Å². The third-order valence-corrected chi connectivity index (χ3v) is 6.55. The molecule has 0 radical (unpaired) electrons. The van der Waals surface area contributed by atoms with Gasteiger partial charge in [0, 0.05) is 10.9 Å². The molecule has 0 fully saturated rings. The molecule has 0 amide bonds. The van der Waals surface area contributed by atoms with Crippen molar-refractivity contribution in [3.8, 4) is 5.75 Å². The van der Waals surface area contributed by atoms with Gasteiger partial charge in [0.05, 0.1) is 19.2 Å². The molecule has 2 aromatic carbocycles. The molecule has 144 valence electrons. The summed E-state index contributed by atoms with van der Waals surface area (Å²) in [6.07, 6.45) is 8.66. The summed E-state index contributed by atoms with van der Waals surface area (Å²) in [5, 5.41) is 1.25. The van der Waals surface area contributed by atoms with E-state index in [2.05, 4.69) is 34.9 Å². The largest absolute Gasteiger partial charge is 0.496 e. The van der Waals surface area contributed by atoms with Gasteiger partial charge in [0.1, 0.15) is 5.75 Å². The lowest BCUT2D eigenvalue weighted by molar-refractivity contribution is 0.407. The molecule has 0 unspecified atom stereocenters. The lowest BCUT2D eigenvalue weighted by Crippen LogP contribution is -2.29. The van der Waals surface area contributed by atoms with Gasteiger partial charge in [-0.2, -0.15) is 0 Å². The fourth-order valence-electron chi connectivity index (χ4n) is 5.23. The van der Waals surface area contributed by atoms with Crippen LogP contribution >= 0.6 is 0 Å². The van der Waals surface area contributed by atoms with Gasteiger partial charge in [-0.1, -0.05) is 30.3 Å². The first kappa shape index (κ1) is 17.5. The molecule has 0 N–H and O–H groups in total. The Bertz CT molecular complexity index is 1100. The van der Waals surface area contributed by atoms with E-state index in [4.69, 9.17) is 4.74 Å². The van der Waals surface area contributed by atoms with Crippen LogP contribution in [0.25, 0.3) is 10.9 Å². The van der Waals surface area contributed by atoms with E-state index in [1.807, 2.05) is 6.07 Å². The highest BCUT2D eigenvalue weighted by Gasteiger charge is 2.25. The van der Waals surface area contributed by atoms with Crippen molar-refractivity contribution in [3.63, 3.8) is 0 Å². The van der Waals surface area contributed by atoms with E-state index < -0.39 is 0 Å². The van der Waals surface area contributed by atoms with Crippen LogP contribution in [0.4, 0.5) is 0 Å². The zero-order valence-electron chi connectivity index (χ0n) is 16.6. The summed E-state index contributed by atoms with van der Waals surface area (Å²) in [6, 6.07) is 12.6. The lowest BCUT2D eigenvalue weighted by atomic mass is 9.84. The standard InChI is InChI=1S/C25H27NO2/c1-28-23-15-22-18-11-5-8-14-21(18)25(27)26(16-17-9-3-2-4-10-17)24(22)20-13-7-6-12-19(20)23/h2-4,9-10,15H,5-8,11-14,16H2,1H3. The van der Waals surface area contributed by atoms with Crippen LogP contribution in [0.3, 0.4) is 0 Å². The van der Waals surface area contributed by atoms with Crippen molar-refractivity contribution < 1.29 is 4.74 Å². The average molecular weight is 373 g/mol. The highest BCUT2D eigenvalue weighted by Crippen LogP contribution is 2.39. The van der Waals surface area contributed by atoms with E-state index in [1.165, 1.54) is 52.4 Å². The second-order valence-electron chi connectivity index (χ2n) is 8.18. The van der Waals surface area contributed by atoms with Crippen LogP contribution in [-0.4, -0.2) is 11.7 Å². The smallest absolute Gasteiger partial charge is 0.254 e. The molecule has 0 aliphatic heterocycles. The zero-order chi connectivity index (χ0) is 19.1. The van der Waals surface area contributed by atoms with Gasteiger partial charge in [0.25, 0.3) is 5.56 Å². The summed E-state index contributed by atoms with van der Waals surface area (Å²) in [5.41, 5.74) is 7.56. The lowest BCUT2D eigenvalue weighted by Gasteiger charge is -2.27. The molecule has 5 rings (SSSR count). The molecule has 3 nitrogen and oxygen atoms in total. The third kappa shape index (κ3) is 2.76. The van der Waals surface area contributed by atoms with Gasteiger partial charge in [-0.25, -0.2) is 0 Å². The maximum absolute atomic E-state index is 13.6. The molecule has 3 aromatic rings. The minimum absolute atomic E-state index is 0.226. The van der Waals surface area contributed by atoms with Crippen molar-refractivity contribution in [3.05, 3.63) is 74.6 Å². The number of ether oxygens (including phenoxy) is 1. The molecule has 0 saturated heterocycles. The van der Waals surface area contributed by atoms with E-state index >= 15 is 0 Å². The van der Waals surface area contributed by atoms with Gasteiger partial charge in [0.2, 0.25) is 0 Å². The molecule has 0 saturated carbocycles. The van der Waals surface area contributed by atoms with Crippen LogP contribution in [0.2, 0.25) is 0 Å². The summed E-state index contributed by atoms with van der Waals surface area (Å²) >= 11 is 0. The molecular weight excluding hydrogens is 346 g/mol. The average Bonchev–Trinajstić information content (AvgIpc) is 2.76. The van der Waals surface area contributed by atoms with Gasteiger partial charge < -0.3 is 9.30 Å². The Kier molecular flexibility index (Phi) is 4.46. The van der Waals surface area contributed by atoms with E-state index in [0.29, 0.717) is 6.54 Å².